The van der Waals surface area contributed by atoms with E-state index < -0.39 is 0 Å². The van der Waals surface area contributed by atoms with Gasteiger partial charge in [0.05, 0.1) is 11.2 Å². The number of fused-ring (bicyclic) bond motifs is 1. The molecule has 3 aromatic heterocycles. The quantitative estimate of drug-likeness (QED) is 0.628. The lowest BCUT2D eigenvalue weighted by Gasteiger charge is -2.28. The molecule has 0 aliphatic carbocycles. The van der Waals surface area contributed by atoms with E-state index in [2.05, 4.69) is 60.9 Å². The number of aromatic nitrogens is 5. The maximum absolute atomic E-state index is 13.2. The molecule has 1 aliphatic rings. The molecule has 0 spiro atoms. The van der Waals surface area contributed by atoms with Crippen LogP contribution in [0.5, 0.6) is 0 Å². The highest BCUT2D eigenvalue weighted by Crippen LogP contribution is 2.33. The van der Waals surface area contributed by atoms with E-state index in [4.69, 9.17) is 10.8 Å². The third-order valence-corrected chi connectivity index (χ3v) is 6.56. The lowest BCUT2D eigenvalue weighted by Crippen LogP contribution is -2.38. The van der Waals surface area contributed by atoms with E-state index in [1.165, 1.54) is 12.8 Å². The highest BCUT2D eigenvalue weighted by atomic mass is 16.1. The van der Waals surface area contributed by atoms with Crippen LogP contribution in [0.3, 0.4) is 0 Å². The third kappa shape index (κ3) is 3.71. The third-order valence-electron chi connectivity index (χ3n) is 6.56. The number of hydrogen-bond acceptors (Lipinski definition) is 6. The zero-order valence-electron chi connectivity index (χ0n) is 19.4. The van der Waals surface area contributed by atoms with Gasteiger partial charge in [-0.25, -0.2) is 0 Å². The highest BCUT2D eigenvalue weighted by Gasteiger charge is 2.28. The number of nitrogens with one attached hydrogen (secondary N) is 1. The number of H-pyrrole nitrogens is 1. The maximum Gasteiger partial charge on any atom is 0.264 e. The Kier molecular flexibility index (Phi) is 5.55. The first-order chi connectivity index (χ1) is 14.7. The van der Waals surface area contributed by atoms with Crippen molar-refractivity contribution < 1.29 is 0 Å². The van der Waals surface area contributed by atoms with Gasteiger partial charge in [0.1, 0.15) is 11.2 Å². The number of aromatic amines is 1. The average Bonchev–Trinajstić information content (AvgIpc) is 3.40. The summed E-state index contributed by atoms with van der Waals surface area (Å²) in [5.74, 6) is 1.62. The summed E-state index contributed by atoms with van der Waals surface area (Å²) in [6.45, 7) is 8.30. The Morgan fingerprint density at radius 3 is 2.74 bits per heavy atom. The molecule has 168 valence electrons. The molecular formula is C22H34N8O. The predicted octanol–water partition coefficient (Wildman–Crippen LogP) is 2.45. The van der Waals surface area contributed by atoms with Gasteiger partial charge in [0.25, 0.3) is 5.56 Å². The Bertz CT molecular complexity index is 1140. The number of aryl methyl sites for hydroxylation is 1. The van der Waals surface area contributed by atoms with Crippen LogP contribution in [-0.2, 0) is 7.05 Å². The molecule has 4 heterocycles. The molecule has 0 saturated carbocycles. The first kappa shape index (κ1) is 21.4. The summed E-state index contributed by atoms with van der Waals surface area (Å²) in [6, 6.07) is 2.61. The average molecular weight is 427 g/mol. The zero-order valence-corrected chi connectivity index (χ0v) is 19.4. The van der Waals surface area contributed by atoms with Gasteiger partial charge < -0.3 is 20.1 Å². The molecule has 0 amide bonds. The summed E-state index contributed by atoms with van der Waals surface area (Å²) >= 11 is 0. The van der Waals surface area contributed by atoms with Gasteiger partial charge in [-0.1, -0.05) is 13.8 Å². The maximum atomic E-state index is 13.2. The van der Waals surface area contributed by atoms with E-state index in [-0.39, 0.29) is 17.4 Å². The number of anilines is 2. The summed E-state index contributed by atoms with van der Waals surface area (Å²) < 4.78 is 3.71. The first-order valence-corrected chi connectivity index (χ1v) is 11.0. The van der Waals surface area contributed by atoms with Crippen molar-refractivity contribution in [3.8, 4) is 11.3 Å². The van der Waals surface area contributed by atoms with E-state index in [0.29, 0.717) is 22.9 Å². The van der Waals surface area contributed by atoms with Crippen LogP contribution >= 0.6 is 0 Å². The predicted molar refractivity (Wildman–Crippen MR) is 125 cm³/mol. The minimum Gasteiger partial charge on any atom is -0.382 e. The minimum atomic E-state index is -0.118. The van der Waals surface area contributed by atoms with Crippen molar-refractivity contribution >= 4 is 22.5 Å². The van der Waals surface area contributed by atoms with Crippen LogP contribution in [0.4, 0.5) is 11.6 Å². The van der Waals surface area contributed by atoms with Crippen LogP contribution in [0.2, 0.25) is 0 Å². The van der Waals surface area contributed by atoms with Gasteiger partial charge in [-0.15, -0.1) is 0 Å². The molecule has 0 aromatic carbocycles. The molecular weight excluding hydrogens is 392 g/mol. The van der Waals surface area contributed by atoms with Gasteiger partial charge in [0, 0.05) is 50.0 Å². The van der Waals surface area contributed by atoms with Crippen molar-refractivity contribution in [1.82, 2.24) is 29.4 Å². The second kappa shape index (κ2) is 8.03. The lowest BCUT2D eigenvalue weighted by atomic mass is 10.0. The lowest BCUT2D eigenvalue weighted by molar-refractivity contribution is 0.370. The van der Waals surface area contributed by atoms with Gasteiger partial charge in [0.15, 0.2) is 5.82 Å². The van der Waals surface area contributed by atoms with Crippen molar-refractivity contribution in [1.29, 1.82) is 0 Å². The summed E-state index contributed by atoms with van der Waals surface area (Å²) in [5, 5.41) is 12.4. The normalized spacial score (nSPS) is 18.1. The van der Waals surface area contributed by atoms with Gasteiger partial charge >= 0.3 is 0 Å². The molecule has 9 heteroatoms. The number of nitrogens with two attached hydrogens (primary N) is 1. The van der Waals surface area contributed by atoms with E-state index in [0.717, 1.165) is 30.2 Å². The summed E-state index contributed by atoms with van der Waals surface area (Å²) in [4.78, 5) is 17.8. The SMILES string of the molecule is CC(C)[C@H](C)n1cc(-c2cc(N3CCCC3CN(C)C)n(C)n2)c2[nH]nc(N)c2c1=O. The molecule has 3 N–H and O–H groups in total. The van der Waals surface area contributed by atoms with Crippen LogP contribution in [0.15, 0.2) is 17.1 Å². The fourth-order valence-electron chi connectivity index (χ4n) is 4.58. The van der Waals surface area contributed by atoms with E-state index >= 15 is 0 Å². The van der Waals surface area contributed by atoms with Crippen molar-refractivity contribution in [3.05, 3.63) is 22.6 Å². The Hall–Kier alpha value is -2.81. The summed E-state index contributed by atoms with van der Waals surface area (Å²) in [5.41, 5.74) is 8.26. The van der Waals surface area contributed by atoms with Crippen molar-refractivity contribution in [2.75, 3.05) is 37.8 Å². The van der Waals surface area contributed by atoms with E-state index in [1.54, 1.807) is 4.57 Å². The monoisotopic (exact) mass is 426 g/mol. The molecule has 0 radical (unpaired) electrons. The van der Waals surface area contributed by atoms with Crippen LogP contribution in [0.25, 0.3) is 22.2 Å². The Labute approximate surface area is 182 Å². The number of pyridine rings is 1. The van der Waals surface area contributed by atoms with Gasteiger partial charge in [-0.05, 0) is 39.8 Å². The number of hydrogen-bond donors (Lipinski definition) is 2. The van der Waals surface area contributed by atoms with Crippen LogP contribution in [0.1, 0.15) is 39.7 Å². The topological polar surface area (TPSA) is 101 Å². The second-order valence-electron chi connectivity index (χ2n) is 9.36. The van der Waals surface area contributed by atoms with Gasteiger partial charge in [-0.2, -0.15) is 10.2 Å². The van der Waals surface area contributed by atoms with Crippen LogP contribution < -0.4 is 16.2 Å². The smallest absolute Gasteiger partial charge is 0.264 e. The molecule has 1 saturated heterocycles. The molecule has 1 aliphatic heterocycles. The minimum absolute atomic E-state index is 0.0242. The molecule has 0 bridgehead atoms. The zero-order chi connectivity index (χ0) is 22.4. The number of rotatable bonds is 6. The largest absolute Gasteiger partial charge is 0.382 e. The second-order valence-corrected chi connectivity index (χ2v) is 9.36. The molecule has 1 fully saturated rings. The first-order valence-electron chi connectivity index (χ1n) is 11.0. The molecule has 2 atom stereocenters. The van der Waals surface area contributed by atoms with Gasteiger partial charge in [0.2, 0.25) is 0 Å². The van der Waals surface area contributed by atoms with Crippen LogP contribution in [-0.4, -0.2) is 62.7 Å². The summed E-state index contributed by atoms with van der Waals surface area (Å²) in [7, 11) is 6.21. The van der Waals surface area contributed by atoms with Gasteiger partial charge in [-0.3, -0.25) is 14.6 Å². The number of nitrogen functional groups attached to an aromatic ring is 1. The van der Waals surface area contributed by atoms with Crippen molar-refractivity contribution in [2.45, 2.75) is 45.7 Å². The fourth-order valence-corrected chi connectivity index (χ4v) is 4.58. The highest BCUT2D eigenvalue weighted by molar-refractivity contribution is 5.97. The summed E-state index contributed by atoms with van der Waals surface area (Å²) in [6.07, 6.45) is 4.26. The molecule has 4 rings (SSSR count). The van der Waals surface area contributed by atoms with Crippen molar-refractivity contribution in [3.63, 3.8) is 0 Å². The number of likely N-dealkylation sites (N-methyl/N-ethyl adjacent to an activating group) is 1. The van der Waals surface area contributed by atoms with E-state index in [1.807, 2.05) is 17.9 Å². The molecule has 3 aromatic rings. The van der Waals surface area contributed by atoms with E-state index in [9.17, 15) is 4.79 Å². The molecule has 31 heavy (non-hydrogen) atoms. The molecule has 1 unspecified atom stereocenters. The van der Waals surface area contributed by atoms with Crippen molar-refractivity contribution in [2.24, 2.45) is 13.0 Å². The fraction of sp³-hybridized carbons (Fsp3) is 0.591. The Morgan fingerprint density at radius 1 is 1.32 bits per heavy atom. The van der Waals surface area contributed by atoms with Crippen LogP contribution in [0, 0.1) is 5.92 Å². The number of nitrogens with zero attached hydrogens (tertiary/aromatic N) is 6. The Morgan fingerprint density at radius 2 is 2.06 bits per heavy atom. The standard InChI is InChI=1S/C22H34N8O/c1-13(2)14(3)30-12-16(20-19(22(30)31)21(23)25-24-20)17-10-18(28(6)26-17)29-9-7-8-15(29)11-27(4)5/h10,12-15H,7-9,11H2,1-6H3,(H3,23,24,25)/t14-,15?/m0/s1. The molecule has 9 nitrogen and oxygen atoms in total. The Balaban J connectivity index is 1.84.